The average molecular weight is 288 g/mol. The molecule has 0 saturated heterocycles. The van der Waals surface area contributed by atoms with E-state index in [1.807, 2.05) is 27.7 Å². The van der Waals surface area contributed by atoms with Crippen molar-refractivity contribution >= 4 is 5.78 Å². The van der Waals surface area contributed by atoms with E-state index in [0.29, 0.717) is 16.9 Å². The molecule has 0 aliphatic rings. The minimum absolute atomic E-state index is 0.0385. The first-order valence-corrected chi connectivity index (χ1v) is 6.42. The van der Waals surface area contributed by atoms with Crippen LogP contribution in [0.2, 0.25) is 0 Å². The first-order valence-electron chi connectivity index (χ1n) is 6.42. The first kappa shape index (κ1) is 16.5. The standard InChI is InChI=1S/C15H19F3O2/c1-8(2)11-6-10(14(19)15(16,17)18)7-12(9(3)4)13(11)20-5/h6-9H,1-5H3. The number of carbonyl (C=O) groups excluding carboxylic acids is 1. The Bertz CT molecular complexity index is 473. The minimum atomic E-state index is -4.86. The molecule has 0 N–H and O–H groups in total. The summed E-state index contributed by atoms with van der Waals surface area (Å²) in [7, 11) is 1.48. The average Bonchev–Trinajstić information content (AvgIpc) is 2.34. The van der Waals surface area contributed by atoms with Crippen LogP contribution in [0.25, 0.3) is 0 Å². The molecule has 0 saturated carbocycles. The van der Waals surface area contributed by atoms with Crippen molar-refractivity contribution < 1.29 is 22.7 Å². The van der Waals surface area contributed by atoms with Gasteiger partial charge in [-0.25, -0.2) is 0 Å². The second-order valence-electron chi connectivity index (χ2n) is 5.32. The highest BCUT2D eigenvalue weighted by Crippen LogP contribution is 2.37. The van der Waals surface area contributed by atoms with Crippen LogP contribution in [0.5, 0.6) is 5.75 Å². The Labute approximate surface area is 116 Å². The number of hydrogen-bond donors (Lipinski definition) is 0. The fourth-order valence-corrected chi connectivity index (χ4v) is 2.06. The molecule has 0 radical (unpaired) electrons. The second-order valence-corrected chi connectivity index (χ2v) is 5.32. The zero-order valence-corrected chi connectivity index (χ0v) is 12.3. The van der Waals surface area contributed by atoms with E-state index in [4.69, 9.17) is 4.74 Å². The van der Waals surface area contributed by atoms with E-state index in [1.165, 1.54) is 19.2 Å². The third kappa shape index (κ3) is 3.32. The maximum atomic E-state index is 12.6. The molecule has 2 nitrogen and oxygen atoms in total. The van der Waals surface area contributed by atoms with Gasteiger partial charge in [-0.15, -0.1) is 0 Å². The van der Waals surface area contributed by atoms with E-state index in [9.17, 15) is 18.0 Å². The summed E-state index contributed by atoms with van der Waals surface area (Å²) < 4.78 is 43.1. The van der Waals surface area contributed by atoms with Crippen molar-refractivity contribution in [3.8, 4) is 5.75 Å². The molecule has 1 aromatic carbocycles. The van der Waals surface area contributed by atoms with Crippen molar-refractivity contribution in [3.05, 3.63) is 28.8 Å². The van der Waals surface area contributed by atoms with Gasteiger partial charge in [-0.2, -0.15) is 13.2 Å². The smallest absolute Gasteiger partial charge is 0.454 e. The Morgan fingerprint density at radius 2 is 1.45 bits per heavy atom. The highest BCUT2D eigenvalue weighted by molar-refractivity contribution is 6.00. The maximum Gasteiger partial charge on any atom is 0.454 e. The van der Waals surface area contributed by atoms with Crippen molar-refractivity contribution in [2.45, 2.75) is 45.7 Å². The van der Waals surface area contributed by atoms with Crippen LogP contribution in [0.15, 0.2) is 12.1 Å². The molecule has 0 fully saturated rings. The van der Waals surface area contributed by atoms with E-state index >= 15 is 0 Å². The predicted molar refractivity (Wildman–Crippen MR) is 71.6 cm³/mol. The van der Waals surface area contributed by atoms with E-state index in [1.54, 1.807) is 0 Å². The van der Waals surface area contributed by atoms with E-state index in [2.05, 4.69) is 0 Å². The van der Waals surface area contributed by atoms with Gasteiger partial charge < -0.3 is 4.74 Å². The molecule has 0 spiro atoms. The number of rotatable bonds is 4. The van der Waals surface area contributed by atoms with Gasteiger partial charge in [-0.05, 0) is 35.1 Å². The number of hydrogen-bond acceptors (Lipinski definition) is 2. The van der Waals surface area contributed by atoms with Gasteiger partial charge >= 0.3 is 6.18 Å². The van der Waals surface area contributed by atoms with E-state index < -0.39 is 12.0 Å². The van der Waals surface area contributed by atoms with Crippen LogP contribution in [0.1, 0.15) is 61.0 Å². The Hall–Kier alpha value is -1.52. The van der Waals surface area contributed by atoms with Crippen LogP contribution < -0.4 is 4.74 Å². The number of ether oxygens (including phenoxy) is 1. The van der Waals surface area contributed by atoms with Crippen molar-refractivity contribution in [1.29, 1.82) is 0 Å². The summed E-state index contributed by atoms with van der Waals surface area (Å²) in [5, 5.41) is 0. The Morgan fingerprint density at radius 3 is 1.70 bits per heavy atom. The lowest BCUT2D eigenvalue weighted by Gasteiger charge is -2.20. The summed E-state index contributed by atoms with van der Waals surface area (Å²) in [6.45, 7) is 7.40. The lowest BCUT2D eigenvalue weighted by Crippen LogP contribution is -2.23. The molecule has 1 aromatic rings. The lowest BCUT2D eigenvalue weighted by atomic mass is 9.90. The molecule has 112 valence electrons. The van der Waals surface area contributed by atoms with Crippen molar-refractivity contribution in [2.24, 2.45) is 0 Å². The highest BCUT2D eigenvalue weighted by atomic mass is 19.4. The first-order chi connectivity index (χ1) is 9.09. The normalized spacial score (nSPS) is 12.1. The monoisotopic (exact) mass is 288 g/mol. The molecule has 0 aliphatic carbocycles. The fourth-order valence-electron chi connectivity index (χ4n) is 2.06. The van der Waals surface area contributed by atoms with Crippen LogP contribution in [-0.2, 0) is 0 Å². The van der Waals surface area contributed by atoms with Crippen molar-refractivity contribution in [3.63, 3.8) is 0 Å². The summed E-state index contributed by atoms with van der Waals surface area (Å²) in [4.78, 5) is 11.4. The van der Waals surface area contributed by atoms with E-state index in [-0.39, 0.29) is 17.4 Å². The van der Waals surface area contributed by atoms with Crippen LogP contribution in [-0.4, -0.2) is 19.1 Å². The van der Waals surface area contributed by atoms with E-state index in [0.717, 1.165) is 0 Å². The topological polar surface area (TPSA) is 26.3 Å². The Kier molecular flexibility index (Phi) is 4.84. The van der Waals surface area contributed by atoms with Gasteiger partial charge in [0, 0.05) is 5.56 Å². The molecule has 1 rings (SSSR count). The molecule has 0 bridgehead atoms. The molecule has 0 atom stereocenters. The highest BCUT2D eigenvalue weighted by Gasteiger charge is 2.40. The summed E-state index contributed by atoms with van der Waals surface area (Å²) in [5.41, 5.74) is 0.906. The van der Waals surface area contributed by atoms with Crippen LogP contribution in [0, 0.1) is 0 Å². The number of Topliss-reactive ketones (excluding diaryl/α,β-unsaturated/α-hetero) is 1. The summed E-state index contributed by atoms with van der Waals surface area (Å²) in [5.74, 6) is -1.33. The molecule has 0 unspecified atom stereocenters. The molecular weight excluding hydrogens is 269 g/mol. The van der Waals surface area contributed by atoms with Crippen molar-refractivity contribution in [1.82, 2.24) is 0 Å². The molecule has 0 amide bonds. The quantitative estimate of drug-likeness (QED) is 0.751. The molecular formula is C15H19F3O2. The number of ketones is 1. The van der Waals surface area contributed by atoms with Gasteiger partial charge in [0.2, 0.25) is 0 Å². The van der Waals surface area contributed by atoms with Gasteiger partial charge in [0.1, 0.15) is 5.75 Å². The van der Waals surface area contributed by atoms with Gasteiger partial charge in [-0.1, -0.05) is 27.7 Å². The van der Waals surface area contributed by atoms with Gasteiger partial charge in [0.15, 0.2) is 0 Å². The minimum Gasteiger partial charge on any atom is -0.496 e. The Balaban J connectivity index is 3.54. The van der Waals surface area contributed by atoms with Gasteiger partial charge in [0.25, 0.3) is 5.78 Å². The third-order valence-corrected chi connectivity index (χ3v) is 3.11. The fraction of sp³-hybridized carbons (Fsp3) is 0.533. The number of alkyl halides is 3. The largest absolute Gasteiger partial charge is 0.496 e. The zero-order chi connectivity index (χ0) is 15.7. The summed E-state index contributed by atoms with van der Waals surface area (Å²) in [6, 6.07) is 2.57. The van der Waals surface area contributed by atoms with Crippen LogP contribution >= 0.6 is 0 Å². The second kappa shape index (κ2) is 5.85. The molecule has 0 heterocycles. The van der Waals surface area contributed by atoms with Crippen LogP contribution in [0.3, 0.4) is 0 Å². The molecule has 5 heteroatoms. The molecule has 0 aliphatic heterocycles. The maximum absolute atomic E-state index is 12.6. The SMILES string of the molecule is COc1c(C(C)C)cc(C(=O)C(F)(F)F)cc1C(C)C. The number of methoxy groups -OCH3 is 1. The number of benzene rings is 1. The zero-order valence-electron chi connectivity index (χ0n) is 12.3. The van der Waals surface area contributed by atoms with Crippen LogP contribution in [0.4, 0.5) is 13.2 Å². The molecule has 0 aromatic heterocycles. The molecule has 20 heavy (non-hydrogen) atoms. The number of halogens is 3. The summed E-state index contributed by atoms with van der Waals surface area (Å²) in [6.07, 6.45) is -4.86. The van der Waals surface area contributed by atoms with Gasteiger partial charge in [0.05, 0.1) is 7.11 Å². The van der Waals surface area contributed by atoms with Gasteiger partial charge in [-0.3, -0.25) is 4.79 Å². The Morgan fingerprint density at radius 1 is 1.05 bits per heavy atom. The third-order valence-electron chi connectivity index (χ3n) is 3.11. The lowest BCUT2D eigenvalue weighted by molar-refractivity contribution is -0.0885. The number of carbonyl (C=O) groups is 1. The summed E-state index contributed by atoms with van der Waals surface area (Å²) >= 11 is 0. The van der Waals surface area contributed by atoms with Crippen molar-refractivity contribution in [2.75, 3.05) is 7.11 Å². The predicted octanol–water partition coefficient (Wildman–Crippen LogP) is 4.69.